The van der Waals surface area contributed by atoms with Crippen LogP contribution in [0.25, 0.3) is 0 Å². The summed E-state index contributed by atoms with van der Waals surface area (Å²) in [6, 6.07) is 0. The number of hydrogen-bond donors (Lipinski definition) is 2. The average Bonchev–Trinajstić information content (AvgIpc) is 2.14. The van der Waals surface area contributed by atoms with Gasteiger partial charge in [0.15, 0.2) is 0 Å². The van der Waals surface area contributed by atoms with Crippen LogP contribution < -0.4 is 0 Å². The molecule has 3 nitrogen and oxygen atoms in total. The highest BCUT2D eigenvalue weighted by molar-refractivity contribution is 7.53. The van der Waals surface area contributed by atoms with Gasteiger partial charge in [-0.3, -0.25) is 4.57 Å². The van der Waals surface area contributed by atoms with E-state index in [9.17, 15) is 27.5 Å². The topological polar surface area (TPSA) is 57.5 Å². The molecule has 2 atom stereocenters. The summed E-state index contributed by atoms with van der Waals surface area (Å²) >= 11 is 0. The molecule has 2 unspecified atom stereocenters. The first-order valence-electron chi connectivity index (χ1n) is 5.75. The summed E-state index contributed by atoms with van der Waals surface area (Å²) in [5, 5.41) is -1.89. The predicted molar refractivity (Wildman–Crippen MR) is 57.7 cm³/mol. The summed E-state index contributed by atoms with van der Waals surface area (Å²) in [6.45, 7) is 1.69. The van der Waals surface area contributed by atoms with E-state index in [0.29, 0.717) is 19.3 Å². The average molecular weight is 274 g/mol. The van der Waals surface area contributed by atoms with E-state index < -0.39 is 31.3 Å². The van der Waals surface area contributed by atoms with E-state index in [2.05, 4.69) is 0 Å². The zero-order valence-electron chi connectivity index (χ0n) is 9.70. The first-order valence-corrected chi connectivity index (χ1v) is 7.36. The number of hydrogen-bond acceptors (Lipinski definition) is 1. The van der Waals surface area contributed by atoms with Crippen LogP contribution in [0.1, 0.15) is 45.4 Å². The van der Waals surface area contributed by atoms with Gasteiger partial charge >= 0.3 is 13.8 Å². The fourth-order valence-electron chi connectivity index (χ4n) is 2.95. The number of rotatable bonds is 3. The lowest BCUT2D eigenvalue weighted by atomic mass is 9.75. The van der Waals surface area contributed by atoms with Crippen LogP contribution >= 0.6 is 7.60 Å². The molecule has 7 heteroatoms. The molecule has 0 saturated heterocycles. The maximum Gasteiger partial charge on any atom is 0.390 e. The molecule has 1 rings (SSSR count). The standard InChI is InChI=1S/C10H18F3O3P/c1-2-8-5-3-4-6-9(8,17(14,15)16)7-10(11,12)13/h8H,2-7H2,1H3,(H2,14,15,16). The monoisotopic (exact) mass is 274 g/mol. The lowest BCUT2D eigenvalue weighted by Crippen LogP contribution is -2.44. The van der Waals surface area contributed by atoms with Gasteiger partial charge in [-0.05, 0) is 18.8 Å². The molecule has 0 amide bonds. The lowest BCUT2D eigenvalue weighted by molar-refractivity contribution is -0.148. The molecule has 0 heterocycles. The Kier molecular flexibility index (Phi) is 4.33. The van der Waals surface area contributed by atoms with Crippen molar-refractivity contribution in [3.05, 3.63) is 0 Å². The number of alkyl halides is 3. The minimum Gasteiger partial charge on any atom is -0.324 e. The third-order valence-electron chi connectivity index (χ3n) is 3.75. The van der Waals surface area contributed by atoms with Crippen molar-refractivity contribution in [1.29, 1.82) is 0 Å². The van der Waals surface area contributed by atoms with E-state index >= 15 is 0 Å². The highest BCUT2D eigenvalue weighted by Crippen LogP contribution is 2.64. The SMILES string of the molecule is CCC1CCCCC1(CC(F)(F)F)P(=O)(O)O. The molecule has 17 heavy (non-hydrogen) atoms. The molecular weight excluding hydrogens is 256 g/mol. The predicted octanol–water partition coefficient (Wildman–Crippen LogP) is 3.46. The van der Waals surface area contributed by atoms with E-state index in [1.807, 2.05) is 0 Å². The molecule has 0 bridgehead atoms. The largest absolute Gasteiger partial charge is 0.390 e. The third-order valence-corrected chi connectivity index (χ3v) is 5.66. The van der Waals surface area contributed by atoms with Gasteiger partial charge in [-0.15, -0.1) is 0 Å². The summed E-state index contributed by atoms with van der Waals surface area (Å²) in [7, 11) is -4.76. The Bertz CT molecular complexity index is 312. The molecule has 102 valence electrons. The molecular formula is C10H18F3O3P. The van der Waals surface area contributed by atoms with Crippen LogP contribution in [0.5, 0.6) is 0 Å². The fraction of sp³-hybridized carbons (Fsp3) is 1.00. The molecule has 0 radical (unpaired) electrons. The second-order valence-electron chi connectivity index (χ2n) is 4.79. The van der Waals surface area contributed by atoms with Crippen molar-refractivity contribution >= 4 is 7.60 Å². The van der Waals surface area contributed by atoms with Gasteiger partial charge in [0.25, 0.3) is 0 Å². The highest BCUT2D eigenvalue weighted by atomic mass is 31.2. The van der Waals surface area contributed by atoms with Crippen LogP contribution in [0.15, 0.2) is 0 Å². The van der Waals surface area contributed by atoms with Gasteiger partial charge in [0.2, 0.25) is 0 Å². The molecule has 1 aliphatic rings. The molecule has 0 aromatic heterocycles. The normalized spacial score (nSPS) is 31.5. The van der Waals surface area contributed by atoms with Crippen molar-refractivity contribution in [3.8, 4) is 0 Å². The van der Waals surface area contributed by atoms with Crippen LogP contribution in [0.2, 0.25) is 0 Å². The Morgan fingerprint density at radius 3 is 2.35 bits per heavy atom. The van der Waals surface area contributed by atoms with Crippen LogP contribution in [-0.2, 0) is 4.57 Å². The second-order valence-corrected chi connectivity index (χ2v) is 6.77. The minimum absolute atomic E-state index is 0.0324. The fourth-order valence-corrected chi connectivity index (χ4v) is 4.57. The molecule has 0 aromatic carbocycles. The summed E-state index contributed by atoms with van der Waals surface area (Å²) < 4.78 is 49.3. The van der Waals surface area contributed by atoms with Gasteiger partial charge in [-0.2, -0.15) is 13.2 Å². The van der Waals surface area contributed by atoms with Gasteiger partial charge < -0.3 is 9.79 Å². The Morgan fingerprint density at radius 2 is 1.94 bits per heavy atom. The van der Waals surface area contributed by atoms with Gasteiger partial charge in [-0.25, -0.2) is 0 Å². The minimum atomic E-state index is -4.76. The first-order chi connectivity index (χ1) is 7.62. The number of halogens is 3. The zero-order chi connectivity index (χ0) is 13.3. The van der Waals surface area contributed by atoms with Crippen molar-refractivity contribution in [1.82, 2.24) is 0 Å². The van der Waals surface area contributed by atoms with E-state index in [4.69, 9.17) is 0 Å². The maximum absolute atomic E-state index is 12.6. The smallest absolute Gasteiger partial charge is 0.324 e. The van der Waals surface area contributed by atoms with Crippen LogP contribution in [0, 0.1) is 5.92 Å². The summed E-state index contributed by atoms with van der Waals surface area (Å²) in [5.74, 6) is -0.543. The van der Waals surface area contributed by atoms with Gasteiger partial charge in [0.1, 0.15) is 0 Å². The molecule has 0 spiro atoms. The Balaban J connectivity index is 3.12. The van der Waals surface area contributed by atoms with Gasteiger partial charge in [0.05, 0.1) is 11.6 Å². The first kappa shape index (κ1) is 15.0. The van der Waals surface area contributed by atoms with Crippen molar-refractivity contribution in [2.24, 2.45) is 5.92 Å². The summed E-state index contributed by atoms with van der Waals surface area (Å²) in [5.41, 5.74) is 0. The van der Waals surface area contributed by atoms with Crippen molar-refractivity contribution < 1.29 is 27.5 Å². The molecule has 2 N–H and O–H groups in total. The van der Waals surface area contributed by atoms with E-state index in [1.54, 1.807) is 6.92 Å². The molecule has 0 aliphatic heterocycles. The summed E-state index contributed by atoms with van der Waals surface area (Å²) in [4.78, 5) is 18.7. The second kappa shape index (κ2) is 4.90. The van der Waals surface area contributed by atoms with Gasteiger partial charge in [0, 0.05) is 0 Å². The van der Waals surface area contributed by atoms with Crippen LogP contribution in [0.3, 0.4) is 0 Å². The zero-order valence-corrected chi connectivity index (χ0v) is 10.6. The van der Waals surface area contributed by atoms with Gasteiger partial charge in [-0.1, -0.05) is 26.2 Å². The molecule has 0 aromatic rings. The quantitative estimate of drug-likeness (QED) is 0.775. The lowest BCUT2D eigenvalue weighted by Gasteiger charge is -2.44. The molecule has 1 aliphatic carbocycles. The Morgan fingerprint density at radius 1 is 1.35 bits per heavy atom. The van der Waals surface area contributed by atoms with Crippen molar-refractivity contribution in [3.63, 3.8) is 0 Å². The van der Waals surface area contributed by atoms with Crippen molar-refractivity contribution in [2.75, 3.05) is 0 Å². The van der Waals surface area contributed by atoms with E-state index in [0.717, 1.165) is 6.42 Å². The van der Waals surface area contributed by atoms with Crippen molar-refractivity contribution in [2.45, 2.75) is 56.8 Å². The van der Waals surface area contributed by atoms with Crippen LogP contribution in [-0.4, -0.2) is 21.1 Å². The Hall–Kier alpha value is -0.0600. The van der Waals surface area contributed by atoms with Crippen LogP contribution in [0.4, 0.5) is 13.2 Å². The third kappa shape index (κ3) is 3.24. The Labute approximate surface area is 98.6 Å². The molecule has 1 fully saturated rings. The van der Waals surface area contributed by atoms with E-state index in [1.165, 1.54) is 0 Å². The summed E-state index contributed by atoms with van der Waals surface area (Å²) in [6.07, 6.45) is -3.89. The highest BCUT2D eigenvalue weighted by Gasteiger charge is 2.57. The van der Waals surface area contributed by atoms with E-state index in [-0.39, 0.29) is 6.42 Å². The maximum atomic E-state index is 12.6. The molecule has 1 saturated carbocycles.